The molecule has 0 radical (unpaired) electrons. The fraction of sp³-hybridized carbons (Fsp3) is 0.273. The number of benzene rings is 1. The summed E-state index contributed by atoms with van der Waals surface area (Å²) in [5.74, 6) is 0.602. The van der Waals surface area contributed by atoms with Crippen LogP contribution < -0.4 is 9.04 Å². The number of ether oxygens (including phenoxy) is 1. The molecule has 0 fully saturated rings. The maximum atomic E-state index is 11.8. The van der Waals surface area contributed by atoms with E-state index in [1.807, 2.05) is 6.07 Å². The van der Waals surface area contributed by atoms with Crippen molar-refractivity contribution in [2.24, 2.45) is 0 Å². The summed E-state index contributed by atoms with van der Waals surface area (Å²) in [5.41, 5.74) is 0.583. The zero-order valence-corrected chi connectivity index (χ0v) is 9.61. The highest BCUT2D eigenvalue weighted by Crippen LogP contribution is 2.32. The maximum Gasteiger partial charge on any atom is 0.256 e. The van der Waals surface area contributed by atoms with Gasteiger partial charge in [-0.15, -0.1) is 0 Å². The van der Waals surface area contributed by atoms with Gasteiger partial charge in [-0.05, 0) is 12.1 Å². The Balaban J connectivity index is 2.52. The number of nitrogens with zero attached hydrogens (tertiary/aromatic N) is 1. The maximum absolute atomic E-state index is 11.8. The minimum atomic E-state index is -3.44. The molecule has 0 spiro atoms. The Labute approximate surface area is 95.2 Å². The van der Waals surface area contributed by atoms with Crippen LogP contribution in [0, 0.1) is 0 Å². The molecule has 0 bridgehead atoms. The van der Waals surface area contributed by atoms with Crippen LogP contribution >= 0.6 is 0 Å². The van der Waals surface area contributed by atoms with Gasteiger partial charge in [0, 0.05) is 18.4 Å². The van der Waals surface area contributed by atoms with Gasteiger partial charge in [-0.25, -0.2) is 8.42 Å². The van der Waals surface area contributed by atoms with Crippen LogP contribution in [0.4, 0.5) is 5.69 Å². The molecule has 2 rings (SSSR count). The van der Waals surface area contributed by atoms with E-state index in [0.29, 0.717) is 31.0 Å². The average molecular weight is 239 g/mol. The Kier molecular flexibility index (Phi) is 2.87. The summed E-state index contributed by atoms with van der Waals surface area (Å²) in [6.07, 6.45) is 0.668. The minimum Gasteiger partial charge on any atom is -0.491 e. The minimum absolute atomic E-state index is 0.422. The quantitative estimate of drug-likeness (QED) is 0.790. The molecule has 86 valence electrons. The zero-order valence-electron chi connectivity index (χ0n) is 8.80. The van der Waals surface area contributed by atoms with Gasteiger partial charge in [0.05, 0.1) is 12.3 Å². The van der Waals surface area contributed by atoms with Gasteiger partial charge in [0.15, 0.2) is 0 Å². The smallest absolute Gasteiger partial charge is 0.256 e. The highest BCUT2D eigenvalue weighted by molar-refractivity contribution is 7.95. The van der Waals surface area contributed by atoms with Crippen LogP contribution in [0.2, 0.25) is 0 Å². The lowest BCUT2D eigenvalue weighted by molar-refractivity contribution is 0.322. The van der Waals surface area contributed by atoms with Crippen molar-refractivity contribution in [3.8, 4) is 5.75 Å². The van der Waals surface area contributed by atoms with Gasteiger partial charge in [0.1, 0.15) is 5.75 Å². The fourth-order valence-corrected chi connectivity index (χ4v) is 2.64. The molecule has 0 saturated carbocycles. The van der Waals surface area contributed by atoms with E-state index in [1.54, 1.807) is 18.2 Å². The van der Waals surface area contributed by atoms with Crippen LogP contribution in [0.25, 0.3) is 0 Å². The van der Waals surface area contributed by atoms with Crippen LogP contribution in [-0.4, -0.2) is 21.6 Å². The molecular weight excluding hydrogens is 226 g/mol. The van der Waals surface area contributed by atoms with Crippen LogP contribution in [0.5, 0.6) is 5.75 Å². The second kappa shape index (κ2) is 4.17. The first-order chi connectivity index (χ1) is 7.65. The molecule has 5 heteroatoms. The monoisotopic (exact) mass is 239 g/mol. The number of fused-ring (bicyclic) bond motifs is 1. The second-order valence-electron chi connectivity index (χ2n) is 3.45. The lowest BCUT2D eigenvalue weighted by Gasteiger charge is -2.21. The predicted molar refractivity (Wildman–Crippen MR) is 63.0 cm³/mol. The molecule has 16 heavy (non-hydrogen) atoms. The molecule has 1 aliphatic heterocycles. The zero-order chi connectivity index (χ0) is 11.6. The summed E-state index contributed by atoms with van der Waals surface area (Å²) in [7, 11) is -3.44. The van der Waals surface area contributed by atoms with Crippen LogP contribution in [0.1, 0.15) is 6.42 Å². The number of hydrogen-bond acceptors (Lipinski definition) is 3. The van der Waals surface area contributed by atoms with Crippen LogP contribution in [0.3, 0.4) is 0 Å². The van der Waals surface area contributed by atoms with Gasteiger partial charge in [-0.3, -0.25) is 4.31 Å². The number of anilines is 1. The third-order valence-electron chi connectivity index (χ3n) is 2.41. The van der Waals surface area contributed by atoms with Gasteiger partial charge in [0.2, 0.25) is 0 Å². The van der Waals surface area contributed by atoms with Crippen molar-refractivity contribution in [1.29, 1.82) is 0 Å². The van der Waals surface area contributed by atoms with E-state index in [9.17, 15) is 8.42 Å². The Bertz CT molecular complexity index is 496. The molecular formula is C11H13NO3S. The van der Waals surface area contributed by atoms with Crippen LogP contribution in [0.15, 0.2) is 36.3 Å². The molecule has 0 unspecified atom stereocenters. The fourth-order valence-electron chi connectivity index (χ4n) is 1.65. The van der Waals surface area contributed by atoms with Crippen molar-refractivity contribution < 1.29 is 13.2 Å². The molecule has 4 nitrogen and oxygen atoms in total. The van der Waals surface area contributed by atoms with E-state index in [0.717, 1.165) is 5.41 Å². The van der Waals surface area contributed by atoms with Crippen molar-refractivity contribution in [2.45, 2.75) is 6.42 Å². The van der Waals surface area contributed by atoms with E-state index in [1.165, 1.54) is 4.31 Å². The number of sulfonamides is 1. The summed E-state index contributed by atoms with van der Waals surface area (Å²) >= 11 is 0. The molecule has 0 aromatic heterocycles. The molecule has 0 atom stereocenters. The summed E-state index contributed by atoms with van der Waals surface area (Å²) in [5, 5.41) is 0.967. The van der Waals surface area contributed by atoms with Crippen molar-refractivity contribution in [3.63, 3.8) is 0 Å². The molecule has 1 aromatic carbocycles. The number of rotatable bonds is 2. The molecule has 1 aromatic rings. The summed E-state index contributed by atoms with van der Waals surface area (Å²) in [4.78, 5) is 0. The van der Waals surface area contributed by atoms with Crippen LogP contribution in [-0.2, 0) is 10.0 Å². The largest absolute Gasteiger partial charge is 0.491 e. The SMILES string of the molecule is C=CS(=O)(=O)N1CCCOc2ccccc21. The molecule has 0 saturated heterocycles. The Morgan fingerprint density at radius 2 is 2.12 bits per heavy atom. The molecule has 0 N–H and O–H groups in total. The van der Waals surface area contributed by atoms with Crippen molar-refractivity contribution >= 4 is 15.7 Å². The van der Waals surface area contributed by atoms with E-state index < -0.39 is 10.0 Å². The third-order valence-corrected chi connectivity index (χ3v) is 3.83. The normalized spacial score (nSPS) is 15.9. The highest BCUT2D eigenvalue weighted by Gasteiger charge is 2.24. The summed E-state index contributed by atoms with van der Waals surface area (Å²) in [6, 6.07) is 7.12. The Morgan fingerprint density at radius 3 is 2.88 bits per heavy atom. The van der Waals surface area contributed by atoms with Gasteiger partial charge in [-0.2, -0.15) is 0 Å². The predicted octanol–water partition coefficient (Wildman–Crippen LogP) is 1.75. The lowest BCUT2D eigenvalue weighted by Crippen LogP contribution is -2.29. The summed E-state index contributed by atoms with van der Waals surface area (Å²) < 4.78 is 30.5. The summed E-state index contributed by atoms with van der Waals surface area (Å²) in [6.45, 7) is 4.29. The first-order valence-corrected chi connectivity index (χ1v) is 6.52. The molecule has 1 heterocycles. The van der Waals surface area contributed by atoms with Gasteiger partial charge >= 0.3 is 0 Å². The topological polar surface area (TPSA) is 46.6 Å². The number of para-hydroxylation sites is 2. The van der Waals surface area contributed by atoms with E-state index >= 15 is 0 Å². The van der Waals surface area contributed by atoms with E-state index in [2.05, 4.69) is 6.58 Å². The van der Waals surface area contributed by atoms with E-state index in [-0.39, 0.29) is 0 Å². The molecule has 0 aliphatic carbocycles. The third kappa shape index (κ3) is 1.90. The first-order valence-electron chi connectivity index (χ1n) is 5.02. The van der Waals surface area contributed by atoms with Gasteiger partial charge < -0.3 is 4.74 Å². The van der Waals surface area contributed by atoms with Crippen molar-refractivity contribution in [1.82, 2.24) is 0 Å². The van der Waals surface area contributed by atoms with E-state index in [4.69, 9.17) is 4.74 Å². The second-order valence-corrected chi connectivity index (χ2v) is 5.26. The highest BCUT2D eigenvalue weighted by atomic mass is 32.2. The van der Waals surface area contributed by atoms with Gasteiger partial charge in [0.25, 0.3) is 10.0 Å². The van der Waals surface area contributed by atoms with Gasteiger partial charge in [-0.1, -0.05) is 18.7 Å². The first kappa shape index (κ1) is 11.0. The lowest BCUT2D eigenvalue weighted by atomic mass is 10.3. The van der Waals surface area contributed by atoms with Crippen molar-refractivity contribution in [3.05, 3.63) is 36.3 Å². The molecule has 0 amide bonds. The Hall–Kier alpha value is -1.49. The Morgan fingerprint density at radius 1 is 1.38 bits per heavy atom. The standard InChI is InChI=1S/C11H13NO3S/c1-2-16(13,14)12-8-5-9-15-11-7-4-3-6-10(11)12/h2-4,6-7H,1,5,8-9H2. The average Bonchev–Trinajstić information content (AvgIpc) is 2.51. The number of hydrogen-bond donors (Lipinski definition) is 0. The molecule has 1 aliphatic rings. The van der Waals surface area contributed by atoms with Crippen molar-refractivity contribution in [2.75, 3.05) is 17.5 Å².